The molecular weight excluding hydrogens is 340 g/mol. The summed E-state index contributed by atoms with van der Waals surface area (Å²) in [6.45, 7) is 0.331. The molecule has 0 fully saturated rings. The van der Waals surface area contributed by atoms with Gasteiger partial charge in [0, 0.05) is 12.1 Å². The van der Waals surface area contributed by atoms with Gasteiger partial charge < -0.3 is 10.2 Å². The molecule has 0 amide bonds. The van der Waals surface area contributed by atoms with Gasteiger partial charge in [0.25, 0.3) is 5.56 Å². The van der Waals surface area contributed by atoms with Crippen LogP contribution in [0.3, 0.4) is 0 Å². The number of hydrogen-bond donors (Lipinski definition) is 2. The normalized spacial score (nSPS) is 11.0. The summed E-state index contributed by atoms with van der Waals surface area (Å²) in [4.78, 5) is 17.8. The Balaban J connectivity index is 1.84. The zero-order valence-corrected chi connectivity index (χ0v) is 14.5. The molecule has 2 N–H and O–H groups in total. The first-order chi connectivity index (χ1) is 13.1. The van der Waals surface area contributed by atoms with Crippen molar-refractivity contribution in [2.24, 2.45) is 0 Å². The van der Waals surface area contributed by atoms with Crippen molar-refractivity contribution in [2.75, 3.05) is 0 Å². The molecule has 134 valence electrons. The average molecular weight is 358 g/mol. The van der Waals surface area contributed by atoms with E-state index in [0.29, 0.717) is 35.3 Å². The van der Waals surface area contributed by atoms with Crippen LogP contribution in [0.1, 0.15) is 5.56 Å². The van der Waals surface area contributed by atoms with E-state index < -0.39 is 0 Å². The van der Waals surface area contributed by atoms with Crippen molar-refractivity contribution < 1.29 is 10.2 Å². The van der Waals surface area contributed by atoms with Crippen molar-refractivity contribution in [1.29, 1.82) is 0 Å². The van der Waals surface area contributed by atoms with E-state index in [4.69, 9.17) is 4.98 Å². The van der Waals surface area contributed by atoms with E-state index in [2.05, 4.69) is 0 Å². The number of fused-ring (bicyclic) bond motifs is 1. The number of aromatic hydroxyl groups is 2. The predicted molar refractivity (Wildman–Crippen MR) is 105 cm³/mol. The summed E-state index contributed by atoms with van der Waals surface area (Å²) in [5, 5.41) is 20.3. The number of para-hydroxylation sites is 1. The molecule has 0 bridgehead atoms. The van der Waals surface area contributed by atoms with Crippen molar-refractivity contribution in [3.63, 3.8) is 0 Å². The van der Waals surface area contributed by atoms with Crippen molar-refractivity contribution >= 4 is 10.9 Å². The van der Waals surface area contributed by atoms with E-state index in [1.54, 1.807) is 10.6 Å². The summed E-state index contributed by atoms with van der Waals surface area (Å²) in [5.41, 5.74) is 1.95. The van der Waals surface area contributed by atoms with Gasteiger partial charge in [-0.15, -0.1) is 0 Å². The van der Waals surface area contributed by atoms with E-state index in [1.807, 2.05) is 48.5 Å². The summed E-state index contributed by atoms with van der Waals surface area (Å²) >= 11 is 0. The number of phenolic OH excluding ortho intramolecular Hbond substituents is 2. The molecule has 4 aromatic rings. The molecule has 0 aliphatic heterocycles. The van der Waals surface area contributed by atoms with E-state index in [9.17, 15) is 15.0 Å². The van der Waals surface area contributed by atoms with Gasteiger partial charge in [0.2, 0.25) is 0 Å². The van der Waals surface area contributed by atoms with Crippen LogP contribution in [0.15, 0.2) is 77.6 Å². The van der Waals surface area contributed by atoms with Gasteiger partial charge in [-0.25, -0.2) is 4.98 Å². The number of aryl methyl sites for hydroxylation is 1. The second-order valence-electron chi connectivity index (χ2n) is 6.34. The molecule has 0 saturated heterocycles. The molecular formula is C22H18N2O3. The lowest BCUT2D eigenvalue weighted by molar-refractivity contribution is 0.452. The van der Waals surface area contributed by atoms with E-state index in [0.717, 1.165) is 5.56 Å². The molecule has 27 heavy (non-hydrogen) atoms. The SMILES string of the molecule is O=c1c2ccccc2nc(-c2ccccc2)n1CCc1cc(O)ccc1O. The number of rotatable bonds is 4. The third-order valence-electron chi connectivity index (χ3n) is 4.56. The molecule has 0 spiro atoms. The second-order valence-corrected chi connectivity index (χ2v) is 6.34. The van der Waals surface area contributed by atoms with Crippen LogP contribution in [0.25, 0.3) is 22.3 Å². The number of nitrogens with zero attached hydrogens (tertiary/aromatic N) is 2. The van der Waals surface area contributed by atoms with Crippen LogP contribution < -0.4 is 5.56 Å². The maximum Gasteiger partial charge on any atom is 0.261 e. The lowest BCUT2D eigenvalue weighted by Crippen LogP contribution is -2.24. The van der Waals surface area contributed by atoms with Crippen LogP contribution in [0.2, 0.25) is 0 Å². The minimum atomic E-state index is -0.126. The van der Waals surface area contributed by atoms with Crippen LogP contribution in [0.4, 0.5) is 0 Å². The zero-order chi connectivity index (χ0) is 18.8. The van der Waals surface area contributed by atoms with Crippen LogP contribution in [0.5, 0.6) is 11.5 Å². The smallest absolute Gasteiger partial charge is 0.261 e. The fourth-order valence-corrected chi connectivity index (χ4v) is 3.19. The largest absolute Gasteiger partial charge is 0.508 e. The molecule has 4 rings (SSSR count). The maximum atomic E-state index is 13.1. The Bertz CT molecular complexity index is 1170. The van der Waals surface area contributed by atoms with Gasteiger partial charge in [0.15, 0.2) is 0 Å². The Morgan fingerprint density at radius 1 is 0.889 bits per heavy atom. The Morgan fingerprint density at radius 3 is 2.44 bits per heavy atom. The van der Waals surface area contributed by atoms with E-state index in [1.165, 1.54) is 18.2 Å². The Labute approximate surface area is 155 Å². The summed E-state index contributed by atoms with van der Waals surface area (Å²) in [6.07, 6.45) is 0.389. The Kier molecular flexibility index (Phi) is 4.34. The minimum Gasteiger partial charge on any atom is -0.508 e. The molecule has 0 radical (unpaired) electrons. The van der Waals surface area contributed by atoms with Gasteiger partial charge in [-0.3, -0.25) is 9.36 Å². The molecule has 5 nitrogen and oxygen atoms in total. The molecule has 0 atom stereocenters. The predicted octanol–water partition coefficient (Wildman–Crippen LogP) is 3.72. The highest BCUT2D eigenvalue weighted by Crippen LogP contribution is 2.24. The van der Waals surface area contributed by atoms with Gasteiger partial charge >= 0.3 is 0 Å². The third-order valence-corrected chi connectivity index (χ3v) is 4.56. The highest BCUT2D eigenvalue weighted by Gasteiger charge is 2.13. The van der Waals surface area contributed by atoms with Gasteiger partial charge in [-0.1, -0.05) is 42.5 Å². The van der Waals surface area contributed by atoms with Crippen LogP contribution in [0, 0.1) is 0 Å². The maximum absolute atomic E-state index is 13.1. The quantitative estimate of drug-likeness (QED) is 0.545. The van der Waals surface area contributed by atoms with E-state index >= 15 is 0 Å². The summed E-state index contributed by atoms with van der Waals surface area (Å²) in [6, 6.07) is 21.2. The van der Waals surface area contributed by atoms with Gasteiger partial charge in [-0.2, -0.15) is 0 Å². The lowest BCUT2D eigenvalue weighted by atomic mass is 10.1. The monoisotopic (exact) mass is 358 g/mol. The minimum absolute atomic E-state index is 0.0788. The molecule has 0 aliphatic carbocycles. The van der Waals surface area contributed by atoms with Crippen molar-refractivity contribution in [1.82, 2.24) is 9.55 Å². The molecule has 3 aromatic carbocycles. The van der Waals surface area contributed by atoms with Crippen molar-refractivity contribution in [3.8, 4) is 22.9 Å². The lowest BCUT2D eigenvalue weighted by Gasteiger charge is -2.14. The topological polar surface area (TPSA) is 75.4 Å². The summed E-state index contributed by atoms with van der Waals surface area (Å²) in [7, 11) is 0. The highest BCUT2D eigenvalue weighted by molar-refractivity contribution is 5.79. The molecule has 0 saturated carbocycles. The average Bonchev–Trinajstić information content (AvgIpc) is 2.70. The Morgan fingerprint density at radius 2 is 1.63 bits per heavy atom. The number of hydrogen-bond acceptors (Lipinski definition) is 4. The zero-order valence-electron chi connectivity index (χ0n) is 14.5. The molecule has 5 heteroatoms. The van der Waals surface area contributed by atoms with Crippen LogP contribution in [-0.4, -0.2) is 19.8 Å². The number of phenols is 2. The molecule has 1 heterocycles. The van der Waals surface area contributed by atoms with Crippen molar-refractivity contribution in [2.45, 2.75) is 13.0 Å². The van der Waals surface area contributed by atoms with E-state index in [-0.39, 0.29) is 17.1 Å². The standard InChI is InChI=1S/C22H18N2O3/c25-17-10-11-20(26)16(14-17)12-13-24-21(15-6-2-1-3-7-15)23-19-9-5-4-8-18(19)22(24)27/h1-11,14,25-26H,12-13H2. The highest BCUT2D eigenvalue weighted by atomic mass is 16.3. The van der Waals surface area contributed by atoms with Crippen molar-refractivity contribution in [3.05, 3.63) is 88.7 Å². The summed E-state index contributed by atoms with van der Waals surface area (Å²) in [5.74, 6) is 0.755. The van der Waals surface area contributed by atoms with Gasteiger partial charge in [0.1, 0.15) is 17.3 Å². The summed E-state index contributed by atoms with van der Waals surface area (Å²) < 4.78 is 1.63. The number of aromatic nitrogens is 2. The molecule has 0 aliphatic rings. The fraction of sp³-hybridized carbons (Fsp3) is 0.0909. The van der Waals surface area contributed by atoms with Gasteiger partial charge in [0.05, 0.1) is 10.9 Å². The first-order valence-electron chi connectivity index (χ1n) is 8.69. The Hall–Kier alpha value is -3.60. The molecule has 0 unspecified atom stereocenters. The van der Waals surface area contributed by atoms with Crippen LogP contribution in [-0.2, 0) is 13.0 Å². The number of benzene rings is 3. The molecule has 1 aromatic heterocycles. The first-order valence-corrected chi connectivity index (χ1v) is 8.69. The van der Waals surface area contributed by atoms with Crippen LogP contribution >= 0.6 is 0 Å². The fourth-order valence-electron chi connectivity index (χ4n) is 3.19. The first kappa shape index (κ1) is 16.8. The second kappa shape index (κ2) is 6.96. The van der Waals surface area contributed by atoms with Gasteiger partial charge in [-0.05, 0) is 42.3 Å². The third kappa shape index (κ3) is 3.27.